The molecule has 0 aliphatic rings. The van der Waals surface area contributed by atoms with Crippen LogP contribution in [0.3, 0.4) is 0 Å². The molecule has 21 heavy (non-hydrogen) atoms. The first-order valence-corrected chi connectivity index (χ1v) is 8.69. The van der Waals surface area contributed by atoms with Crippen LogP contribution in [-0.4, -0.2) is 20.7 Å². The molecule has 5 heteroatoms. The number of hydrogen-bond acceptors (Lipinski definition) is 3. The summed E-state index contributed by atoms with van der Waals surface area (Å²) in [6.45, 7) is 4.00. The molecule has 1 N–H and O–H groups in total. The average Bonchev–Trinajstić information content (AvgIpc) is 2.45. The molecule has 1 unspecified atom stereocenters. The van der Waals surface area contributed by atoms with Crippen LogP contribution < -0.4 is 4.72 Å². The number of hydrogen-bond donors (Lipinski definition) is 1. The Hall–Kier alpha value is -1.46. The van der Waals surface area contributed by atoms with Crippen LogP contribution >= 0.6 is 0 Å². The predicted octanol–water partition coefficient (Wildman–Crippen LogP) is 2.98. The standard InChI is InChI=1S/C16H23NO3S/c1-3-4-5-7-15(8-6-13-18)17-21(19,20)16-11-9-14(2)10-12-16/h6,8-13,15,17H,3-5,7H2,1-2H3/b8-6+. The van der Waals surface area contributed by atoms with Crippen LogP contribution in [0, 0.1) is 6.92 Å². The Balaban J connectivity index is 2.81. The van der Waals surface area contributed by atoms with Crippen LogP contribution in [0.5, 0.6) is 0 Å². The normalized spacial score (nSPS) is 13.4. The molecule has 0 bridgehead atoms. The molecule has 0 aliphatic heterocycles. The Labute approximate surface area is 127 Å². The maximum absolute atomic E-state index is 12.3. The molecule has 1 aromatic carbocycles. The molecule has 0 amide bonds. The fourth-order valence-corrected chi connectivity index (χ4v) is 3.20. The van der Waals surface area contributed by atoms with E-state index in [1.807, 2.05) is 6.92 Å². The van der Waals surface area contributed by atoms with Crippen LogP contribution in [0.2, 0.25) is 0 Å². The fraction of sp³-hybridized carbons (Fsp3) is 0.438. The number of unbranched alkanes of at least 4 members (excludes halogenated alkanes) is 2. The van der Waals surface area contributed by atoms with Crippen molar-refractivity contribution in [1.82, 2.24) is 4.72 Å². The van der Waals surface area contributed by atoms with Crippen molar-refractivity contribution in [2.75, 3.05) is 0 Å². The number of aldehydes is 1. The summed E-state index contributed by atoms with van der Waals surface area (Å²) in [5, 5.41) is 0. The van der Waals surface area contributed by atoms with E-state index in [4.69, 9.17) is 0 Å². The second-order valence-corrected chi connectivity index (χ2v) is 6.77. The molecule has 1 atom stereocenters. The summed E-state index contributed by atoms with van der Waals surface area (Å²) in [6, 6.07) is 6.35. The molecule has 116 valence electrons. The molecule has 0 fully saturated rings. The number of benzene rings is 1. The van der Waals surface area contributed by atoms with E-state index in [-0.39, 0.29) is 10.9 Å². The van der Waals surface area contributed by atoms with E-state index in [2.05, 4.69) is 11.6 Å². The van der Waals surface area contributed by atoms with Gasteiger partial charge in [0.25, 0.3) is 0 Å². The van der Waals surface area contributed by atoms with Gasteiger partial charge in [0.2, 0.25) is 10.0 Å². The number of nitrogens with one attached hydrogen (secondary N) is 1. The first-order chi connectivity index (χ1) is 9.99. The summed E-state index contributed by atoms with van der Waals surface area (Å²) in [5.41, 5.74) is 1.01. The topological polar surface area (TPSA) is 63.2 Å². The molecular weight excluding hydrogens is 286 g/mol. The van der Waals surface area contributed by atoms with E-state index in [1.54, 1.807) is 30.3 Å². The van der Waals surface area contributed by atoms with E-state index in [0.29, 0.717) is 12.7 Å². The van der Waals surface area contributed by atoms with Gasteiger partial charge in [-0.3, -0.25) is 4.79 Å². The molecule has 0 radical (unpaired) electrons. The Kier molecular flexibility index (Phi) is 7.32. The van der Waals surface area contributed by atoms with Crippen molar-refractivity contribution < 1.29 is 13.2 Å². The molecule has 4 nitrogen and oxygen atoms in total. The fourth-order valence-electron chi connectivity index (χ4n) is 1.97. The lowest BCUT2D eigenvalue weighted by Crippen LogP contribution is -2.33. The zero-order valence-electron chi connectivity index (χ0n) is 12.6. The number of aryl methyl sites for hydroxylation is 1. The van der Waals surface area contributed by atoms with Gasteiger partial charge in [-0.25, -0.2) is 13.1 Å². The van der Waals surface area contributed by atoms with Crippen molar-refractivity contribution in [1.29, 1.82) is 0 Å². The lowest BCUT2D eigenvalue weighted by atomic mass is 10.1. The second-order valence-electron chi connectivity index (χ2n) is 5.06. The summed E-state index contributed by atoms with van der Waals surface area (Å²) in [6.07, 6.45) is 7.31. The van der Waals surface area contributed by atoms with Gasteiger partial charge in [-0.2, -0.15) is 0 Å². The van der Waals surface area contributed by atoms with Crippen molar-refractivity contribution in [2.24, 2.45) is 0 Å². The van der Waals surface area contributed by atoms with Gasteiger partial charge in [-0.1, -0.05) is 50.0 Å². The van der Waals surface area contributed by atoms with Crippen molar-refractivity contribution in [3.8, 4) is 0 Å². The smallest absolute Gasteiger partial charge is 0.241 e. The van der Waals surface area contributed by atoms with Gasteiger partial charge >= 0.3 is 0 Å². The van der Waals surface area contributed by atoms with E-state index in [1.165, 1.54) is 6.08 Å². The third-order valence-corrected chi connectivity index (χ3v) is 4.68. The maximum atomic E-state index is 12.3. The van der Waals surface area contributed by atoms with Crippen LogP contribution in [-0.2, 0) is 14.8 Å². The van der Waals surface area contributed by atoms with Gasteiger partial charge in [0, 0.05) is 6.04 Å². The molecule has 0 saturated heterocycles. The SMILES string of the molecule is CCCCCC(/C=C/C=O)NS(=O)(=O)c1ccc(C)cc1. The van der Waals surface area contributed by atoms with Crippen LogP contribution in [0.1, 0.15) is 38.2 Å². The van der Waals surface area contributed by atoms with E-state index in [0.717, 1.165) is 24.8 Å². The molecule has 1 rings (SSSR count). The summed E-state index contributed by atoms with van der Waals surface area (Å²) in [4.78, 5) is 10.7. The minimum absolute atomic E-state index is 0.244. The minimum atomic E-state index is -3.56. The predicted molar refractivity (Wildman–Crippen MR) is 84.6 cm³/mol. The van der Waals surface area contributed by atoms with Crippen molar-refractivity contribution in [3.05, 3.63) is 42.0 Å². The van der Waals surface area contributed by atoms with Crippen molar-refractivity contribution >= 4 is 16.3 Å². The Morgan fingerprint density at radius 1 is 1.19 bits per heavy atom. The Morgan fingerprint density at radius 3 is 2.43 bits per heavy atom. The number of allylic oxidation sites excluding steroid dienone is 1. The Morgan fingerprint density at radius 2 is 1.86 bits per heavy atom. The molecule has 1 aromatic rings. The largest absolute Gasteiger partial charge is 0.299 e. The first kappa shape index (κ1) is 17.6. The lowest BCUT2D eigenvalue weighted by molar-refractivity contribution is -0.104. The highest BCUT2D eigenvalue weighted by Gasteiger charge is 2.17. The van der Waals surface area contributed by atoms with Gasteiger partial charge < -0.3 is 0 Å². The lowest BCUT2D eigenvalue weighted by Gasteiger charge is -2.15. The van der Waals surface area contributed by atoms with E-state index < -0.39 is 10.0 Å². The summed E-state index contributed by atoms with van der Waals surface area (Å²) < 4.78 is 27.3. The molecule has 0 heterocycles. The highest BCUT2D eigenvalue weighted by molar-refractivity contribution is 7.89. The highest BCUT2D eigenvalue weighted by Crippen LogP contribution is 2.13. The van der Waals surface area contributed by atoms with E-state index in [9.17, 15) is 13.2 Å². The van der Waals surface area contributed by atoms with Crippen LogP contribution in [0.25, 0.3) is 0 Å². The third-order valence-electron chi connectivity index (χ3n) is 3.18. The monoisotopic (exact) mass is 309 g/mol. The van der Waals surface area contributed by atoms with Crippen molar-refractivity contribution in [2.45, 2.75) is 50.5 Å². The summed E-state index contributed by atoms with van der Waals surface area (Å²) in [5.74, 6) is 0. The maximum Gasteiger partial charge on any atom is 0.241 e. The van der Waals surface area contributed by atoms with Gasteiger partial charge in [0.15, 0.2) is 0 Å². The average molecular weight is 309 g/mol. The second kappa shape index (κ2) is 8.74. The number of carbonyl (C=O) groups is 1. The van der Waals surface area contributed by atoms with Gasteiger partial charge in [0.05, 0.1) is 4.90 Å². The van der Waals surface area contributed by atoms with Crippen molar-refractivity contribution in [3.63, 3.8) is 0 Å². The number of carbonyl (C=O) groups excluding carboxylic acids is 1. The van der Waals surface area contributed by atoms with Gasteiger partial charge in [0.1, 0.15) is 6.29 Å². The summed E-state index contributed by atoms with van der Waals surface area (Å²) >= 11 is 0. The summed E-state index contributed by atoms with van der Waals surface area (Å²) in [7, 11) is -3.56. The molecular formula is C16H23NO3S. The molecule has 0 saturated carbocycles. The molecule has 0 aromatic heterocycles. The highest BCUT2D eigenvalue weighted by atomic mass is 32.2. The van der Waals surface area contributed by atoms with Crippen LogP contribution in [0.4, 0.5) is 0 Å². The van der Waals surface area contributed by atoms with Crippen LogP contribution in [0.15, 0.2) is 41.3 Å². The Bertz CT molecular complexity index is 562. The first-order valence-electron chi connectivity index (χ1n) is 7.20. The molecule has 0 aliphatic carbocycles. The molecule has 0 spiro atoms. The number of rotatable bonds is 9. The quantitative estimate of drug-likeness (QED) is 0.433. The van der Waals surface area contributed by atoms with E-state index >= 15 is 0 Å². The third kappa shape index (κ3) is 6.23. The van der Waals surface area contributed by atoms with Gasteiger partial charge in [-0.05, 0) is 31.6 Å². The zero-order chi connectivity index (χ0) is 15.7. The minimum Gasteiger partial charge on any atom is -0.299 e. The number of sulfonamides is 1. The van der Waals surface area contributed by atoms with Gasteiger partial charge in [-0.15, -0.1) is 0 Å². The zero-order valence-corrected chi connectivity index (χ0v) is 13.4.